The molecule has 4 heterocycles. The van der Waals surface area contributed by atoms with Crippen LogP contribution in [0.1, 0.15) is 15.3 Å². The standard InChI is InChI=1S/C11H8ClN3O.C7H3Cl2N3.C4H6O.Na.H/c1-2-3-6-16-9-7-14-10-8(15-9)4-5-13-11(10)12;8-5-3-11-6-4(12-5)1-2-10-7(6)9;1-2-3-4-5;;/h4-5,7H,6H2,1H3;1-3H;5H,4H2,1H3;;/q;;;+1;-1. The van der Waals surface area contributed by atoms with Crippen molar-refractivity contribution in [3.63, 3.8) is 0 Å². The number of fused-ring (bicyclic) bond motifs is 2. The molecule has 0 spiro atoms. The molecule has 8 nitrogen and oxygen atoms in total. The number of nitrogens with zero attached hydrogens (tertiary/aromatic N) is 6. The SMILES string of the molecule is CC#CCO.CC#CCOc1cnc2c(Cl)nccc2n1.Clc1cnc2c(Cl)nccc2n1.[H-].[Na+]. The average Bonchev–Trinajstić information content (AvgIpc) is 2.81. The van der Waals surface area contributed by atoms with Crippen LogP contribution in [-0.2, 0) is 0 Å². The summed E-state index contributed by atoms with van der Waals surface area (Å²) >= 11 is 17.2. The van der Waals surface area contributed by atoms with Crippen molar-refractivity contribution in [2.45, 2.75) is 13.8 Å². The van der Waals surface area contributed by atoms with Gasteiger partial charge in [-0.05, 0) is 26.0 Å². The van der Waals surface area contributed by atoms with Gasteiger partial charge in [-0.25, -0.2) is 29.9 Å². The van der Waals surface area contributed by atoms with Crippen molar-refractivity contribution in [1.82, 2.24) is 29.9 Å². The molecule has 0 amide bonds. The molecule has 0 aliphatic rings. The van der Waals surface area contributed by atoms with Crippen molar-refractivity contribution in [2.24, 2.45) is 0 Å². The first-order valence-corrected chi connectivity index (χ1v) is 10.4. The van der Waals surface area contributed by atoms with Gasteiger partial charge in [0, 0.05) is 12.4 Å². The topological polar surface area (TPSA) is 107 Å². The van der Waals surface area contributed by atoms with Gasteiger partial charge < -0.3 is 11.3 Å². The van der Waals surface area contributed by atoms with Crippen LogP contribution in [0.15, 0.2) is 36.9 Å². The second kappa shape index (κ2) is 16.4. The molecule has 0 saturated heterocycles. The summed E-state index contributed by atoms with van der Waals surface area (Å²) in [6.07, 6.45) is 6.09. The molecule has 34 heavy (non-hydrogen) atoms. The third kappa shape index (κ3) is 9.54. The van der Waals surface area contributed by atoms with Gasteiger partial charge in [0.2, 0.25) is 5.88 Å². The largest absolute Gasteiger partial charge is 1.00 e. The van der Waals surface area contributed by atoms with E-state index in [4.69, 9.17) is 44.6 Å². The van der Waals surface area contributed by atoms with Gasteiger partial charge in [-0.3, -0.25) is 0 Å². The monoisotopic (exact) mass is 526 g/mol. The first-order valence-electron chi connectivity index (χ1n) is 9.23. The van der Waals surface area contributed by atoms with Crippen LogP contribution in [0.25, 0.3) is 22.1 Å². The fraction of sp³-hybridized carbons (Fsp3) is 0.182. The molecule has 170 valence electrons. The van der Waals surface area contributed by atoms with Crippen molar-refractivity contribution in [3.8, 4) is 29.6 Å². The van der Waals surface area contributed by atoms with Crippen LogP contribution in [0.2, 0.25) is 15.5 Å². The van der Waals surface area contributed by atoms with E-state index < -0.39 is 0 Å². The fourth-order valence-electron chi connectivity index (χ4n) is 2.12. The van der Waals surface area contributed by atoms with Crippen LogP contribution in [0, 0.1) is 23.7 Å². The van der Waals surface area contributed by atoms with E-state index in [1.54, 1.807) is 38.4 Å². The molecule has 0 fully saturated rings. The Balaban J connectivity index is 0.000000542. The summed E-state index contributed by atoms with van der Waals surface area (Å²) in [4.78, 5) is 24.1. The van der Waals surface area contributed by atoms with Crippen LogP contribution in [0.4, 0.5) is 0 Å². The van der Waals surface area contributed by atoms with Crippen LogP contribution >= 0.6 is 34.8 Å². The Hall–Kier alpha value is -2.27. The Morgan fingerprint density at radius 1 is 0.853 bits per heavy atom. The second-order valence-corrected chi connectivity index (χ2v) is 6.74. The Kier molecular flexibility index (Phi) is 14.3. The molecular formula is C22H18Cl3N6NaO2. The van der Waals surface area contributed by atoms with Gasteiger partial charge in [-0.1, -0.05) is 46.6 Å². The molecule has 0 saturated carbocycles. The zero-order valence-electron chi connectivity index (χ0n) is 19.6. The first kappa shape index (κ1) is 29.8. The predicted octanol–water partition coefficient (Wildman–Crippen LogP) is 1.53. The van der Waals surface area contributed by atoms with Crippen molar-refractivity contribution in [1.29, 1.82) is 0 Å². The van der Waals surface area contributed by atoms with Crippen LogP contribution in [0.5, 0.6) is 5.88 Å². The molecule has 0 radical (unpaired) electrons. The van der Waals surface area contributed by atoms with Crippen molar-refractivity contribution >= 4 is 56.9 Å². The van der Waals surface area contributed by atoms with Gasteiger partial charge in [-0.15, -0.1) is 11.8 Å². The summed E-state index contributed by atoms with van der Waals surface area (Å²) in [6.45, 7) is 3.73. The smallest absolute Gasteiger partial charge is 1.00 e. The Morgan fingerprint density at radius 3 is 1.94 bits per heavy atom. The molecular weight excluding hydrogens is 510 g/mol. The molecule has 0 atom stereocenters. The van der Waals surface area contributed by atoms with E-state index >= 15 is 0 Å². The number of hydrogen-bond acceptors (Lipinski definition) is 8. The third-order valence-corrected chi connectivity index (χ3v) is 4.24. The second-order valence-electron chi connectivity index (χ2n) is 5.64. The average molecular weight is 528 g/mol. The van der Waals surface area contributed by atoms with E-state index in [0.717, 1.165) is 0 Å². The van der Waals surface area contributed by atoms with Crippen LogP contribution < -0.4 is 34.3 Å². The number of rotatable bonds is 2. The van der Waals surface area contributed by atoms with Crippen molar-refractivity contribution < 1.29 is 40.8 Å². The zero-order chi connectivity index (χ0) is 24.1. The summed E-state index contributed by atoms with van der Waals surface area (Å²) in [5.41, 5.74) is 2.45. The van der Waals surface area contributed by atoms with Gasteiger partial charge in [0.15, 0.2) is 16.9 Å². The number of aliphatic hydroxyl groups excluding tert-OH is 1. The number of aliphatic hydroxyl groups is 1. The molecule has 0 bridgehead atoms. The number of pyridine rings is 2. The minimum Gasteiger partial charge on any atom is -1.00 e. The minimum absolute atomic E-state index is 0. The Labute approximate surface area is 235 Å². The Bertz CT molecular complexity index is 1360. The van der Waals surface area contributed by atoms with E-state index in [2.05, 4.69) is 53.6 Å². The van der Waals surface area contributed by atoms with Crippen molar-refractivity contribution in [3.05, 3.63) is 52.4 Å². The molecule has 1 N–H and O–H groups in total. The summed E-state index contributed by atoms with van der Waals surface area (Å²) in [5, 5.41) is 8.93. The van der Waals surface area contributed by atoms with Crippen LogP contribution in [-0.4, -0.2) is 48.2 Å². The maximum atomic E-state index is 7.89. The van der Waals surface area contributed by atoms with E-state index in [0.29, 0.717) is 50.0 Å². The molecule has 0 aromatic carbocycles. The van der Waals surface area contributed by atoms with Crippen molar-refractivity contribution in [2.75, 3.05) is 13.2 Å². The molecule has 0 unspecified atom stereocenters. The van der Waals surface area contributed by atoms with Crippen LogP contribution in [0.3, 0.4) is 0 Å². The van der Waals surface area contributed by atoms with E-state index in [1.165, 1.54) is 12.4 Å². The summed E-state index contributed by atoms with van der Waals surface area (Å²) in [5.74, 6) is 10.9. The molecule has 4 aromatic heterocycles. The number of aromatic nitrogens is 6. The molecule has 0 aliphatic carbocycles. The Morgan fingerprint density at radius 2 is 1.41 bits per heavy atom. The van der Waals surface area contributed by atoms with E-state index in [-0.39, 0.29) is 37.6 Å². The maximum absolute atomic E-state index is 7.89. The summed E-state index contributed by atoms with van der Waals surface area (Å²) in [6, 6.07) is 3.44. The van der Waals surface area contributed by atoms with Gasteiger partial charge in [0.1, 0.15) is 22.8 Å². The summed E-state index contributed by atoms with van der Waals surface area (Å²) in [7, 11) is 0. The molecule has 4 rings (SSSR count). The van der Waals surface area contributed by atoms with E-state index in [9.17, 15) is 0 Å². The quantitative estimate of drug-likeness (QED) is 0.238. The first-order chi connectivity index (χ1) is 16.0. The maximum Gasteiger partial charge on any atom is 1.00 e. The minimum atomic E-state index is -0.0174. The molecule has 4 aromatic rings. The van der Waals surface area contributed by atoms with Gasteiger partial charge in [0.05, 0.1) is 23.4 Å². The predicted molar refractivity (Wildman–Crippen MR) is 130 cm³/mol. The van der Waals surface area contributed by atoms with Gasteiger partial charge >= 0.3 is 29.6 Å². The zero-order valence-corrected chi connectivity index (χ0v) is 22.8. The van der Waals surface area contributed by atoms with Gasteiger partial charge in [-0.2, -0.15) is 0 Å². The molecule has 0 aliphatic heterocycles. The molecule has 12 heteroatoms. The van der Waals surface area contributed by atoms with Gasteiger partial charge in [0.25, 0.3) is 0 Å². The number of hydrogen-bond donors (Lipinski definition) is 1. The third-order valence-electron chi connectivity index (χ3n) is 3.50. The number of ether oxygens (including phenoxy) is 1. The normalized spacial score (nSPS) is 9.00. The van der Waals surface area contributed by atoms with E-state index in [1.807, 2.05) is 0 Å². The summed E-state index contributed by atoms with van der Waals surface area (Å²) < 4.78 is 5.28. The number of halogens is 3. The fourth-order valence-corrected chi connectivity index (χ4v) is 2.66.